The maximum absolute atomic E-state index is 13.3. The summed E-state index contributed by atoms with van der Waals surface area (Å²) in [4.78, 5) is 22.2. The first kappa shape index (κ1) is 19.5. The fourth-order valence-corrected chi connectivity index (χ4v) is 2.40. The number of rotatable bonds is 3. The normalized spacial score (nSPS) is 10.9. The molecule has 0 aliphatic carbocycles. The van der Waals surface area contributed by atoms with E-state index < -0.39 is 22.3 Å². The van der Waals surface area contributed by atoms with Crippen LogP contribution in [-0.4, -0.2) is 15.9 Å². The van der Waals surface area contributed by atoms with Crippen LogP contribution in [0, 0.1) is 15.9 Å². The maximum atomic E-state index is 13.3. The van der Waals surface area contributed by atoms with Gasteiger partial charge in [0.2, 0.25) is 5.82 Å². The standard InChI is InChI=1S/C18H18FN3O3S/c1-18(2,3)12-6-4-11(5-7-12)16(23)21-17(26)20-13-8-9-14(19)15(10-13)22(24)25/h4-10H,1-3H3,(H2,20,21,23,26). The Labute approximate surface area is 155 Å². The lowest BCUT2D eigenvalue weighted by Crippen LogP contribution is -2.34. The van der Waals surface area contributed by atoms with Crippen molar-refractivity contribution in [1.29, 1.82) is 0 Å². The summed E-state index contributed by atoms with van der Waals surface area (Å²) in [5, 5.41) is 15.8. The van der Waals surface area contributed by atoms with E-state index in [0.717, 1.165) is 17.7 Å². The van der Waals surface area contributed by atoms with Crippen LogP contribution in [0.1, 0.15) is 36.7 Å². The van der Waals surface area contributed by atoms with Crippen molar-refractivity contribution < 1.29 is 14.1 Å². The van der Waals surface area contributed by atoms with Crippen LogP contribution in [0.25, 0.3) is 0 Å². The predicted molar refractivity (Wildman–Crippen MR) is 102 cm³/mol. The molecule has 0 heterocycles. The molecule has 136 valence electrons. The first-order chi connectivity index (χ1) is 12.1. The molecule has 0 aliphatic rings. The minimum Gasteiger partial charge on any atom is -0.332 e. The molecule has 0 saturated heterocycles. The van der Waals surface area contributed by atoms with Crippen LogP contribution in [0.4, 0.5) is 15.8 Å². The molecule has 0 radical (unpaired) electrons. The Bertz CT molecular complexity index is 861. The van der Waals surface area contributed by atoms with E-state index in [-0.39, 0.29) is 16.2 Å². The van der Waals surface area contributed by atoms with Crippen molar-refractivity contribution in [1.82, 2.24) is 5.32 Å². The van der Waals surface area contributed by atoms with Gasteiger partial charge in [0.15, 0.2) is 5.11 Å². The van der Waals surface area contributed by atoms with Gasteiger partial charge in [-0.1, -0.05) is 32.9 Å². The Hall–Kier alpha value is -2.87. The van der Waals surface area contributed by atoms with Crippen molar-refractivity contribution in [3.8, 4) is 0 Å². The van der Waals surface area contributed by atoms with E-state index in [4.69, 9.17) is 12.2 Å². The molecule has 0 aliphatic heterocycles. The monoisotopic (exact) mass is 375 g/mol. The van der Waals surface area contributed by atoms with Crippen LogP contribution in [-0.2, 0) is 5.41 Å². The van der Waals surface area contributed by atoms with E-state index in [1.54, 1.807) is 12.1 Å². The summed E-state index contributed by atoms with van der Waals surface area (Å²) in [6.07, 6.45) is 0. The summed E-state index contributed by atoms with van der Waals surface area (Å²) >= 11 is 5.03. The molecule has 0 unspecified atom stereocenters. The van der Waals surface area contributed by atoms with Crippen LogP contribution in [0.2, 0.25) is 0 Å². The van der Waals surface area contributed by atoms with Crippen molar-refractivity contribution >= 4 is 34.6 Å². The molecule has 2 aromatic carbocycles. The van der Waals surface area contributed by atoms with Crippen molar-refractivity contribution in [2.24, 2.45) is 0 Å². The van der Waals surface area contributed by atoms with Gasteiger partial charge in [0.25, 0.3) is 5.91 Å². The number of carbonyl (C=O) groups excluding carboxylic acids is 1. The summed E-state index contributed by atoms with van der Waals surface area (Å²) in [5.74, 6) is -1.37. The highest BCUT2D eigenvalue weighted by Crippen LogP contribution is 2.23. The second-order valence-corrected chi connectivity index (χ2v) is 7.07. The van der Waals surface area contributed by atoms with Gasteiger partial charge in [-0.05, 0) is 47.5 Å². The second kappa shape index (κ2) is 7.57. The quantitative estimate of drug-likeness (QED) is 0.478. The zero-order valence-corrected chi connectivity index (χ0v) is 15.3. The number of halogens is 1. The Balaban J connectivity index is 2.05. The first-order valence-corrected chi connectivity index (χ1v) is 8.15. The fourth-order valence-electron chi connectivity index (χ4n) is 2.19. The van der Waals surface area contributed by atoms with Gasteiger partial charge in [0.1, 0.15) is 0 Å². The number of nitro groups is 1. The molecular formula is C18H18FN3O3S. The van der Waals surface area contributed by atoms with Crippen molar-refractivity contribution in [3.63, 3.8) is 0 Å². The lowest BCUT2D eigenvalue weighted by molar-refractivity contribution is -0.387. The number of nitrogens with zero attached hydrogens (tertiary/aromatic N) is 1. The van der Waals surface area contributed by atoms with E-state index in [9.17, 15) is 19.3 Å². The number of benzene rings is 2. The Morgan fingerprint density at radius 2 is 1.77 bits per heavy atom. The predicted octanol–water partition coefficient (Wildman–Crippen LogP) is 4.16. The van der Waals surface area contributed by atoms with E-state index in [1.165, 1.54) is 6.07 Å². The highest BCUT2D eigenvalue weighted by atomic mass is 32.1. The molecule has 2 rings (SSSR count). The number of hydrogen-bond acceptors (Lipinski definition) is 4. The molecule has 0 saturated carbocycles. The SMILES string of the molecule is CC(C)(C)c1ccc(C(=O)NC(=S)Nc2ccc(F)c([N+](=O)[O-])c2)cc1. The Morgan fingerprint density at radius 3 is 2.31 bits per heavy atom. The van der Waals surface area contributed by atoms with E-state index in [2.05, 4.69) is 31.4 Å². The summed E-state index contributed by atoms with van der Waals surface area (Å²) in [7, 11) is 0. The number of nitrogens with one attached hydrogen (secondary N) is 2. The van der Waals surface area contributed by atoms with Crippen LogP contribution in [0.5, 0.6) is 0 Å². The molecule has 0 atom stereocenters. The molecule has 26 heavy (non-hydrogen) atoms. The molecule has 0 aromatic heterocycles. The summed E-state index contributed by atoms with van der Waals surface area (Å²) in [6.45, 7) is 6.22. The highest BCUT2D eigenvalue weighted by molar-refractivity contribution is 7.80. The average Bonchev–Trinajstić information content (AvgIpc) is 2.55. The van der Waals surface area contributed by atoms with Gasteiger partial charge >= 0.3 is 5.69 Å². The smallest absolute Gasteiger partial charge is 0.306 e. The van der Waals surface area contributed by atoms with Crippen LogP contribution >= 0.6 is 12.2 Å². The first-order valence-electron chi connectivity index (χ1n) is 7.75. The van der Waals surface area contributed by atoms with Gasteiger partial charge in [0.05, 0.1) is 4.92 Å². The molecule has 0 fully saturated rings. The average molecular weight is 375 g/mol. The van der Waals surface area contributed by atoms with Gasteiger partial charge < -0.3 is 5.32 Å². The van der Waals surface area contributed by atoms with E-state index >= 15 is 0 Å². The summed E-state index contributed by atoms with van der Waals surface area (Å²) in [6, 6.07) is 10.4. The molecule has 2 aromatic rings. The van der Waals surface area contributed by atoms with Gasteiger partial charge in [-0.15, -0.1) is 0 Å². The molecule has 6 nitrogen and oxygen atoms in total. The van der Waals surface area contributed by atoms with Crippen LogP contribution in [0.3, 0.4) is 0 Å². The van der Waals surface area contributed by atoms with Gasteiger partial charge in [-0.3, -0.25) is 20.2 Å². The number of carbonyl (C=O) groups is 1. The van der Waals surface area contributed by atoms with Crippen LogP contribution in [0.15, 0.2) is 42.5 Å². The van der Waals surface area contributed by atoms with Gasteiger partial charge in [-0.2, -0.15) is 4.39 Å². The minimum atomic E-state index is -0.950. The topological polar surface area (TPSA) is 84.3 Å². The zero-order valence-electron chi connectivity index (χ0n) is 14.5. The number of amides is 1. The lowest BCUT2D eigenvalue weighted by Gasteiger charge is -2.19. The summed E-state index contributed by atoms with van der Waals surface area (Å²) < 4.78 is 13.3. The molecule has 8 heteroatoms. The van der Waals surface area contributed by atoms with E-state index in [0.29, 0.717) is 5.56 Å². The van der Waals surface area contributed by atoms with Gasteiger partial charge in [-0.25, -0.2) is 0 Å². The van der Waals surface area contributed by atoms with Crippen molar-refractivity contribution in [2.75, 3.05) is 5.32 Å². The number of thiocarbonyl (C=S) groups is 1. The zero-order chi connectivity index (χ0) is 19.5. The second-order valence-electron chi connectivity index (χ2n) is 6.66. The number of hydrogen-bond donors (Lipinski definition) is 2. The fraction of sp³-hybridized carbons (Fsp3) is 0.222. The van der Waals surface area contributed by atoms with Gasteiger partial charge in [0, 0.05) is 17.3 Å². The third-order valence-electron chi connectivity index (χ3n) is 3.64. The van der Waals surface area contributed by atoms with Crippen molar-refractivity contribution in [3.05, 3.63) is 69.5 Å². The Kier molecular flexibility index (Phi) is 5.66. The third-order valence-corrected chi connectivity index (χ3v) is 3.85. The third kappa shape index (κ3) is 4.82. The largest absolute Gasteiger partial charge is 0.332 e. The number of nitro benzene ring substituents is 1. The van der Waals surface area contributed by atoms with Crippen LogP contribution < -0.4 is 10.6 Å². The highest BCUT2D eigenvalue weighted by Gasteiger charge is 2.16. The number of anilines is 1. The molecule has 0 bridgehead atoms. The summed E-state index contributed by atoms with van der Waals surface area (Å²) in [5.41, 5.74) is 1.01. The molecule has 2 N–H and O–H groups in total. The van der Waals surface area contributed by atoms with Crippen molar-refractivity contribution in [2.45, 2.75) is 26.2 Å². The molecule has 1 amide bonds. The lowest BCUT2D eigenvalue weighted by atomic mass is 9.87. The molecule has 0 spiro atoms. The molecular weight excluding hydrogens is 357 g/mol. The Morgan fingerprint density at radius 1 is 1.15 bits per heavy atom. The minimum absolute atomic E-state index is 0.0246. The maximum Gasteiger partial charge on any atom is 0.306 e. The van der Waals surface area contributed by atoms with E-state index in [1.807, 2.05) is 12.1 Å².